The number of carbonyl (C=O) groups excluding carboxylic acids is 2. The Labute approximate surface area is 168 Å². The number of amides is 2. The fourth-order valence-electron chi connectivity index (χ4n) is 3.69. The minimum atomic E-state index is -0.0736. The lowest BCUT2D eigenvalue weighted by molar-refractivity contribution is -0.120. The summed E-state index contributed by atoms with van der Waals surface area (Å²) in [5.74, 6) is 0.802. The minimum Gasteiger partial charge on any atom is -0.497 e. The topological polar surface area (TPSA) is 67.9 Å². The third kappa shape index (κ3) is 4.05. The van der Waals surface area contributed by atoms with Crippen molar-refractivity contribution in [1.82, 2.24) is 4.90 Å². The van der Waals surface area contributed by atoms with Crippen LogP contribution >= 0.6 is 11.3 Å². The number of morpholine rings is 1. The van der Waals surface area contributed by atoms with Gasteiger partial charge in [-0.25, -0.2) is 0 Å². The summed E-state index contributed by atoms with van der Waals surface area (Å²) < 4.78 is 10.5. The van der Waals surface area contributed by atoms with Gasteiger partial charge in [0.25, 0.3) is 5.91 Å². The van der Waals surface area contributed by atoms with E-state index in [-0.39, 0.29) is 17.7 Å². The molecule has 0 saturated carbocycles. The molecule has 1 aromatic heterocycles. The number of rotatable bonds is 4. The molecule has 2 aliphatic rings. The van der Waals surface area contributed by atoms with E-state index in [9.17, 15) is 9.59 Å². The summed E-state index contributed by atoms with van der Waals surface area (Å²) >= 11 is 1.58. The Bertz CT molecular complexity index is 856. The Kier molecular flexibility index (Phi) is 5.64. The van der Waals surface area contributed by atoms with E-state index in [0.29, 0.717) is 32.7 Å². The van der Waals surface area contributed by atoms with Crippen molar-refractivity contribution in [1.29, 1.82) is 0 Å². The standard InChI is InChI=1S/C21H24N2O4S/c1-26-17-5-3-16(4-6-17)22-20(24)14-2-7-18-15(12-14)13-19(28-18)21(25)23-8-10-27-11-9-23/h3-6,13-14H,2,7-12H2,1H3,(H,22,24)/t14-/m0/s1. The first-order valence-electron chi connectivity index (χ1n) is 9.57. The maximum Gasteiger partial charge on any atom is 0.264 e. The largest absolute Gasteiger partial charge is 0.497 e. The number of methoxy groups -OCH3 is 1. The van der Waals surface area contributed by atoms with Gasteiger partial charge in [-0.3, -0.25) is 9.59 Å². The van der Waals surface area contributed by atoms with Crippen LogP contribution in [0.5, 0.6) is 5.75 Å². The average molecular weight is 401 g/mol. The molecule has 7 heteroatoms. The van der Waals surface area contributed by atoms with E-state index in [2.05, 4.69) is 5.32 Å². The maximum absolute atomic E-state index is 12.7. The highest BCUT2D eigenvalue weighted by Gasteiger charge is 2.29. The molecule has 0 unspecified atom stereocenters. The molecule has 1 aromatic carbocycles. The quantitative estimate of drug-likeness (QED) is 0.857. The van der Waals surface area contributed by atoms with Gasteiger partial charge >= 0.3 is 0 Å². The molecule has 1 aliphatic carbocycles. The van der Waals surface area contributed by atoms with E-state index in [0.717, 1.165) is 34.7 Å². The summed E-state index contributed by atoms with van der Waals surface area (Å²) in [5, 5.41) is 2.99. The van der Waals surface area contributed by atoms with Gasteiger partial charge in [-0.05, 0) is 55.2 Å². The lowest BCUT2D eigenvalue weighted by atomic mass is 9.87. The minimum absolute atomic E-state index is 0.0306. The molecule has 1 atom stereocenters. The predicted molar refractivity (Wildman–Crippen MR) is 108 cm³/mol. The number of benzene rings is 1. The highest BCUT2D eigenvalue weighted by molar-refractivity contribution is 7.14. The van der Waals surface area contributed by atoms with E-state index in [1.807, 2.05) is 35.2 Å². The van der Waals surface area contributed by atoms with Crippen LogP contribution in [0, 0.1) is 5.92 Å². The summed E-state index contributed by atoms with van der Waals surface area (Å²) in [6.45, 7) is 2.50. The van der Waals surface area contributed by atoms with E-state index in [4.69, 9.17) is 9.47 Å². The van der Waals surface area contributed by atoms with Crippen molar-refractivity contribution in [3.05, 3.63) is 45.6 Å². The highest BCUT2D eigenvalue weighted by atomic mass is 32.1. The number of carbonyl (C=O) groups is 2. The molecule has 2 heterocycles. The van der Waals surface area contributed by atoms with E-state index in [1.54, 1.807) is 18.4 Å². The predicted octanol–water partition coefficient (Wildman–Crippen LogP) is 2.97. The zero-order valence-corrected chi connectivity index (χ0v) is 16.7. The maximum atomic E-state index is 12.7. The molecular formula is C21H24N2O4S. The van der Waals surface area contributed by atoms with Crippen LogP contribution in [0.15, 0.2) is 30.3 Å². The van der Waals surface area contributed by atoms with Crippen LogP contribution in [-0.2, 0) is 22.4 Å². The first-order valence-corrected chi connectivity index (χ1v) is 10.4. The Balaban J connectivity index is 1.40. The van der Waals surface area contributed by atoms with Crippen LogP contribution in [-0.4, -0.2) is 50.1 Å². The number of fused-ring (bicyclic) bond motifs is 1. The van der Waals surface area contributed by atoms with Crippen LogP contribution < -0.4 is 10.1 Å². The Morgan fingerprint density at radius 2 is 1.96 bits per heavy atom. The second-order valence-corrected chi connectivity index (χ2v) is 8.26. The summed E-state index contributed by atoms with van der Waals surface area (Å²) in [5.41, 5.74) is 1.91. The summed E-state index contributed by atoms with van der Waals surface area (Å²) in [6.07, 6.45) is 2.34. The fourth-order valence-corrected chi connectivity index (χ4v) is 4.87. The van der Waals surface area contributed by atoms with Crippen molar-refractivity contribution < 1.29 is 19.1 Å². The van der Waals surface area contributed by atoms with E-state index in [1.165, 1.54) is 4.88 Å². The van der Waals surface area contributed by atoms with Gasteiger partial charge in [-0.1, -0.05) is 0 Å². The number of hydrogen-bond acceptors (Lipinski definition) is 5. The summed E-state index contributed by atoms with van der Waals surface area (Å²) in [4.78, 5) is 29.3. The number of anilines is 1. The van der Waals surface area contributed by atoms with Crippen LogP contribution in [0.2, 0.25) is 0 Å². The summed E-state index contributed by atoms with van der Waals surface area (Å²) in [7, 11) is 1.62. The Morgan fingerprint density at radius 1 is 1.21 bits per heavy atom. The zero-order chi connectivity index (χ0) is 19.5. The van der Waals surface area contributed by atoms with Gasteiger partial charge in [0.1, 0.15) is 5.75 Å². The molecule has 2 aromatic rings. The smallest absolute Gasteiger partial charge is 0.264 e. The number of nitrogens with one attached hydrogen (secondary N) is 1. The van der Waals surface area contributed by atoms with Gasteiger partial charge in [0.05, 0.1) is 25.2 Å². The SMILES string of the molecule is COc1ccc(NC(=O)[C@H]2CCc3sc(C(=O)N4CCOCC4)cc3C2)cc1. The molecule has 28 heavy (non-hydrogen) atoms. The number of aryl methyl sites for hydroxylation is 1. The Morgan fingerprint density at radius 3 is 2.68 bits per heavy atom. The third-order valence-corrected chi connectivity index (χ3v) is 6.55. The van der Waals surface area contributed by atoms with Gasteiger partial charge in [-0.15, -0.1) is 11.3 Å². The lowest BCUT2D eigenvalue weighted by Crippen LogP contribution is -2.40. The van der Waals surface area contributed by atoms with Crippen molar-refractivity contribution in [3.63, 3.8) is 0 Å². The number of thiophene rings is 1. The van der Waals surface area contributed by atoms with Gasteiger partial charge in [0.2, 0.25) is 5.91 Å². The number of nitrogens with zero attached hydrogens (tertiary/aromatic N) is 1. The molecule has 1 N–H and O–H groups in total. The molecular weight excluding hydrogens is 376 g/mol. The van der Waals surface area contributed by atoms with Gasteiger partial charge in [0.15, 0.2) is 0 Å². The molecule has 148 valence electrons. The van der Waals surface area contributed by atoms with Crippen LogP contribution in [0.4, 0.5) is 5.69 Å². The van der Waals surface area contributed by atoms with Crippen molar-refractivity contribution in [2.24, 2.45) is 5.92 Å². The van der Waals surface area contributed by atoms with Crippen LogP contribution in [0.1, 0.15) is 26.5 Å². The third-order valence-electron chi connectivity index (χ3n) is 5.32. The molecule has 0 spiro atoms. The molecule has 1 fully saturated rings. The Hall–Kier alpha value is -2.38. The molecule has 0 bridgehead atoms. The fraction of sp³-hybridized carbons (Fsp3) is 0.429. The van der Waals surface area contributed by atoms with Crippen molar-refractivity contribution in [2.75, 3.05) is 38.7 Å². The molecule has 1 saturated heterocycles. The van der Waals surface area contributed by atoms with Gasteiger partial charge in [-0.2, -0.15) is 0 Å². The normalized spacial score (nSPS) is 19.0. The van der Waals surface area contributed by atoms with Crippen molar-refractivity contribution in [2.45, 2.75) is 19.3 Å². The zero-order valence-electron chi connectivity index (χ0n) is 15.9. The number of hydrogen-bond donors (Lipinski definition) is 1. The van der Waals surface area contributed by atoms with Gasteiger partial charge < -0.3 is 19.7 Å². The lowest BCUT2D eigenvalue weighted by Gasteiger charge is -2.26. The van der Waals surface area contributed by atoms with Crippen molar-refractivity contribution >= 4 is 28.8 Å². The second-order valence-electron chi connectivity index (χ2n) is 7.12. The molecule has 2 amide bonds. The highest BCUT2D eigenvalue weighted by Crippen LogP contribution is 2.33. The monoisotopic (exact) mass is 400 g/mol. The number of ether oxygens (including phenoxy) is 2. The van der Waals surface area contributed by atoms with Crippen molar-refractivity contribution in [3.8, 4) is 5.75 Å². The van der Waals surface area contributed by atoms with Crippen LogP contribution in [0.3, 0.4) is 0 Å². The molecule has 6 nitrogen and oxygen atoms in total. The summed E-state index contributed by atoms with van der Waals surface area (Å²) in [6, 6.07) is 9.34. The first-order chi connectivity index (χ1) is 13.6. The van der Waals surface area contributed by atoms with E-state index < -0.39 is 0 Å². The second kappa shape index (κ2) is 8.32. The van der Waals surface area contributed by atoms with Gasteiger partial charge in [0, 0.05) is 29.6 Å². The molecule has 0 radical (unpaired) electrons. The molecule has 4 rings (SSSR count). The van der Waals surface area contributed by atoms with E-state index >= 15 is 0 Å². The van der Waals surface area contributed by atoms with Crippen LogP contribution in [0.25, 0.3) is 0 Å². The first kappa shape index (κ1) is 19.0. The molecule has 1 aliphatic heterocycles. The average Bonchev–Trinajstić information content (AvgIpc) is 3.17.